The Hall–Kier alpha value is -1.56. The summed E-state index contributed by atoms with van der Waals surface area (Å²) in [6.45, 7) is 2.12. The first-order valence-electron chi connectivity index (χ1n) is 5.79. The van der Waals surface area contributed by atoms with Gasteiger partial charge in [-0.25, -0.2) is 0 Å². The minimum absolute atomic E-state index is 0.493. The fraction of sp³-hybridized carbons (Fsp3) is 0.188. The zero-order valence-electron chi connectivity index (χ0n) is 9.64. The number of benzene rings is 2. The molecule has 0 aliphatic rings. The molecule has 0 aromatic heterocycles. The van der Waals surface area contributed by atoms with Crippen LogP contribution in [-0.4, -0.2) is 0 Å². The summed E-state index contributed by atoms with van der Waals surface area (Å²) in [4.78, 5) is 0. The Bertz CT molecular complexity index is 363. The molecule has 1 radical (unpaired) electrons. The summed E-state index contributed by atoms with van der Waals surface area (Å²) < 4.78 is 0. The van der Waals surface area contributed by atoms with E-state index in [9.17, 15) is 0 Å². The van der Waals surface area contributed by atoms with Crippen LogP contribution in [0.25, 0.3) is 0 Å². The Morgan fingerprint density at radius 1 is 0.812 bits per heavy atom. The SMILES string of the molecule is C[CH]CC(c1ccccc1)c1ccccc1. The Kier molecular flexibility index (Phi) is 3.76. The summed E-state index contributed by atoms with van der Waals surface area (Å²) in [6.07, 6.45) is 3.33. The molecule has 0 saturated carbocycles. The molecular weight excluding hydrogens is 192 g/mol. The van der Waals surface area contributed by atoms with Crippen LogP contribution in [0.1, 0.15) is 30.4 Å². The molecule has 0 atom stereocenters. The molecule has 0 amide bonds. The van der Waals surface area contributed by atoms with Crippen molar-refractivity contribution >= 4 is 0 Å². The summed E-state index contributed by atoms with van der Waals surface area (Å²) in [5.74, 6) is 0.493. The van der Waals surface area contributed by atoms with Crippen LogP contribution in [0.2, 0.25) is 0 Å². The predicted octanol–water partition coefficient (Wildman–Crippen LogP) is 4.43. The van der Waals surface area contributed by atoms with Crippen LogP contribution in [0, 0.1) is 6.42 Å². The topological polar surface area (TPSA) is 0 Å². The number of hydrogen-bond donors (Lipinski definition) is 0. The van der Waals surface area contributed by atoms with Gasteiger partial charge in [-0.2, -0.15) is 0 Å². The Balaban J connectivity index is 2.31. The van der Waals surface area contributed by atoms with Crippen LogP contribution in [0.15, 0.2) is 60.7 Å². The molecule has 0 aliphatic heterocycles. The quantitative estimate of drug-likeness (QED) is 0.698. The minimum atomic E-state index is 0.493. The maximum Gasteiger partial charge on any atom is 0.00919 e. The van der Waals surface area contributed by atoms with E-state index >= 15 is 0 Å². The third-order valence-corrected chi connectivity index (χ3v) is 2.88. The second-order valence-electron chi connectivity index (χ2n) is 4.02. The van der Waals surface area contributed by atoms with E-state index in [0.29, 0.717) is 5.92 Å². The van der Waals surface area contributed by atoms with E-state index in [1.807, 2.05) is 0 Å². The van der Waals surface area contributed by atoms with Gasteiger partial charge < -0.3 is 0 Å². The minimum Gasteiger partial charge on any atom is -0.0622 e. The van der Waals surface area contributed by atoms with Crippen LogP contribution in [0.4, 0.5) is 0 Å². The standard InChI is InChI=1S/C16H17/c1-2-9-16(14-10-5-3-6-11-14)15-12-7-4-8-13-15/h2-8,10-13,16H,9H2,1H3. The van der Waals surface area contributed by atoms with Crippen LogP contribution >= 0.6 is 0 Å². The third-order valence-electron chi connectivity index (χ3n) is 2.88. The molecule has 0 nitrogen and oxygen atoms in total. The maximum atomic E-state index is 2.24. The lowest BCUT2D eigenvalue weighted by Crippen LogP contribution is -2.00. The molecule has 2 aromatic carbocycles. The van der Waals surface area contributed by atoms with Crippen LogP contribution in [0.3, 0.4) is 0 Å². The number of hydrogen-bond acceptors (Lipinski definition) is 0. The van der Waals surface area contributed by atoms with E-state index in [0.717, 1.165) is 6.42 Å². The van der Waals surface area contributed by atoms with E-state index in [1.165, 1.54) is 11.1 Å². The van der Waals surface area contributed by atoms with E-state index in [4.69, 9.17) is 0 Å². The highest BCUT2D eigenvalue weighted by atomic mass is 14.2. The van der Waals surface area contributed by atoms with Gasteiger partial charge in [0.2, 0.25) is 0 Å². The molecule has 0 unspecified atom stereocenters. The average molecular weight is 209 g/mol. The van der Waals surface area contributed by atoms with Gasteiger partial charge in [-0.1, -0.05) is 67.6 Å². The molecule has 0 heteroatoms. The van der Waals surface area contributed by atoms with Gasteiger partial charge in [-0.3, -0.25) is 0 Å². The summed E-state index contributed by atoms with van der Waals surface area (Å²) in [7, 11) is 0. The summed E-state index contributed by atoms with van der Waals surface area (Å²) in [5, 5.41) is 0. The monoisotopic (exact) mass is 209 g/mol. The predicted molar refractivity (Wildman–Crippen MR) is 69.3 cm³/mol. The first-order chi connectivity index (χ1) is 7.92. The summed E-state index contributed by atoms with van der Waals surface area (Å²) in [6, 6.07) is 21.4. The van der Waals surface area contributed by atoms with Gasteiger partial charge in [-0.05, 0) is 24.0 Å². The van der Waals surface area contributed by atoms with Crippen molar-refractivity contribution in [3.63, 3.8) is 0 Å². The zero-order valence-corrected chi connectivity index (χ0v) is 9.64. The molecular formula is C16H17. The smallest absolute Gasteiger partial charge is 0.00919 e. The second-order valence-corrected chi connectivity index (χ2v) is 4.02. The lowest BCUT2D eigenvalue weighted by Gasteiger charge is -2.16. The maximum absolute atomic E-state index is 2.24. The van der Waals surface area contributed by atoms with Crippen molar-refractivity contribution in [1.29, 1.82) is 0 Å². The van der Waals surface area contributed by atoms with Crippen molar-refractivity contribution in [3.8, 4) is 0 Å². The first-order valence-corrected chi connectivity index (χ1v) is 5.79. The van der Waals surface area contributed by atoms with Crippen molar-refractivity contribution in [3.05, 3.63) is 78.2 Å². The van der Waals surface area contributed by atoms with Crippen molar-refractivity contribution in [1.82, 2.24) is 0 Å². The molecule has 2 aromatic rings. The van der Waals surface area contributed by atoms with Gasteiger partial charge in [0.15, 0.2) is 0 Å². The number of rotatable bonds is 4. The summed E-state index contributed by atoms with van der Waals surface area (Å²) >= 11 is 0. The second kappa shape index (κ2) is 5.50. The highest BCUT2D eigenvalue weighted by molar-refractivity contribution is 5.32. The van der Waals surface area contributed by atoms with Crippen LogP contribution < -0.4 is 0 Å². The van der Waals surface area contributed by atoms with E-state index < -0.39 is 0 Å². The Morgan fingerprint density at radius 2 is 1.25 bits per heavy atom. The van der Waals surface area contributed by atoms with Crippen LogP contribution in [-0.2, 0) is 0 Å². The van der Waals surface area contributed by atoms with Crippen molar-refractivity contribution in [2.24, 2.45) is 0 Å². The largest absolute Gasteiger partial charge is 0.0622 e. The zero-order chi connectivity index (χ0) is 11.2. The molecule has 81 valence electrons. The van der Waals surface area contributed by atoms with Crippen molar-refractivity contribution in [2.75, 3.05) is 0 Å². The highest BCUT2D eigenvalue weighted by Crippen LogP contribution is 2.28. The Labute approximate surface area is 97.9 Å². The lowest BCUT2D eigenvalue weighted by atomic mass is 9.88. The van der Waals surface area contributed by atoms with Crippen molar-refractivity contribution in [2.45, 2.75) is 19.3 Å². The van der Waals surface area contributed by atoms with Gasteiger partial charge in [0, 0.05) is 5.92 Å². The molecule has 16 heavy (non-hydrogen) atoms. The summed E-state index contributed by atoms with van der Waals surface area (Å²) in [5.41, 5.74) is 2.79. The van der Waals surface area contributed by atoms with E-state index in [-0.39, 0.29) is 0 Å². The molecule has 0 aliphatic carbocycles. The van der Waals surface area contributed by atoms with Gasteiger partial charge >= 0.3 is 0 Å². The van der Waals surface area contributed by atoms with Gasteiger partial charge in [0.25, 0.3) is 0 Å². The molecule has 0 fully saturated rings. The van der Waals surface area contributed by atoms with E-state index in [2.05, 4.69) is 74.0 Å². The average Bonchev–Trinajstić information content (AvgIpc) is 2.38. The highest BCUT2D eigenvalue weighted by Gasteiger charge is 2.11. The van der Waals surface area contributed by atoms with Gasteiger partial charge in [-0.15, -0.1) is 0 Å². The third kappa shape index (κ3) is 2.52. The molecule has 0 bridgehead atoms. The van der Waals surface area contributed by atoms with Gasteiger partial charge in [0.05, 0.1) is 0 Å². The molecule has 0 saturated heterocycles. The molecule has 0 heterocycles. The molecule has 0 spiro atoms. The fourth-order valence-corrected chi connectivity index (χ4v) is 2.07. The lowest BCUT2D eigenvalue weighted by molar-refractivity contribution is 0.791. The van der Waals surface area contributed by atoms with Gasteiger partial charge in [0.1, 0.15) is 0 Å². The van der Waals surface area contributed by atoms with Crippen molar-refractivity contribution < 1.29 is 0 Å². The normalized spacial score (nSPS) is 10.6. The molecule has 2 rings (SSSR count). The van der Waals surface area contributed by atoms with E-state index in [1.54, 1.807) is 0 Å². The first kappa shape index (κ1) is 10.9. The fourth-order valence-electron chi connectivity index (χ4n) is 2.07. The molecule has 0 N–H and O–H groups in total. The Morgan fingerprint density at radius 3 is 1.62 bits per heavy atom. The van der Waals surface area contributed by atoms with Crippen LogP contribution in [0.5, 0.6) is 0 Å².